The molecule has 0 radical (unpaired) electrons. The Hall–Kier alpha value is -0.150. The monoisotopic (exact) mass is 258 g/mol. The highest BCUT2D eigenvalue weighted by Gasteiger charge is 2.35. The molecule has 2 saturated heterocycles. The van der Waals surface area contributed by atoms with Crippen LogP contribution in [0.15, 0.2) is 0 Å². The number of rotatable bonds is 2. The van der Waals surface area contributed by atoms with E-state index in [0.29, 0.717) is 6.54 Å². The summed E-state index contributed by atoms with van der Waals surface area (Å²) in [4.78, 5) is 4.57. The maximum Gasteiger partial charge on any atom is 0.126 e. The van der Waals surface area contributed by atoms with Gasteiger partial charge in [-0.2, -0.15) is 0 Å². The van der Waals surface area contributed by atoms with Gasteiger partial charge in [0.2, 0.25) is 0 Å². The minimum Gasteiger partial charge on any atom is -0.306 e. The molecular formula is C15H31FN2. The molecule has 0 N–H and O–H groups in total. The molecule has 2 nitrogen and oxygen atoms in total. The third-order valence-corrected chi connectivity index (χ3v) is 4.27. The van der Waals surface area contributed by atoms with Crippen LogP contribution in [-0.4, -0.2) is 55.2 Å². The van der Waals surface area contributed by atoms with E-state index in [1.165, 1.54) is 12.8 Å². The number of hydrogen-bond acceptors (Lipinski definition) is 2. The first-order valence-electron chi connectivity index (χ1n) is 7.67. The van der Waals surface area contributed by atoms with Crippen LogP contribution in [0.3, 0.4) is 0 Å². The lowest BCUT2D eigenvalue weighted by Gasteiger charge is -2.40. The molecule has 2 fully saturated rings. The summed E-state index contributed by atoms with van der Waals surface area (Å²) in [5, 5.41) is 0. The van der Waals surface area contributed by atoms with Crippen molar-refractivity contribution in [2.24, 2.45) is 5.92 Å². The first-order chi connectivity index (χ1) is 8.57. The Morgan fingerprint density at radius 3 is 2.06 bits per heavy atom. The quantitative estimate of drug-likeness (QED) is 0.750. The molecule has 2 rings (SSSR count). The second kappa shape index (κ2) is 7.44. The van der Waals surface area contributed by atoms with Crippen molar-refractivity contribution in [3.05, 3.63) is 0 Å². The van der Waals surface area contributed by atoms with E-state index in [4.69, 9.17) is 0 Å². The van der Waals surface area contributed by atoms with Crippen LogP contribution in [0.5, 0.6) is 0 Å². The molecule has 108 valence electrons. The van der Waals surface area contributed by atoms with Gasteiger partial charge in [-0.1, -0.05) is 20.8 Å². The number of halogens is 1. The van der Waals surface area contributed by atoms with E-state index in [0.717, 1.165) is 44.9 Å². The fraction of sp³-hybridized carbons (Fsp3) is 1.00. The fourth-order valence-electron chi connectivity index (χ4n) is 2.80. The molecule has 0 aromatic heterocycles. The number of alkyl halides is 1. The molecule has 0 atom stereocenters. The lowest BCUT2D eigenvalue weighted by Crippen LogP contribution is -2.49. The maximum atomic E-state index is 14.6. The lowest BCUT2D eigenvalue weighted by atomic mass is 9.91. The summed E-state index contributed by atoms with van der Waals surface area (Å²) in [6.07, 6.45) is 3.93. The molecule has 0 spiro atoms. The van der Waals surface area contributed by atoms with Crippen molar-refractivity contribution in [1.82, 2.24) is 9.80 Å². The highest BCUT2D eigenvalue weighted by atomic mass is 19.1. The Morgan fingerprint density at radius 1 is 1.06 bits per heavy atom. The van der Waals surface area contributed by atoms with Gasteiger partial charge >= 0.3 is 0 Å². The zero-order chi connectivity index (χ0) is 13.6. The zero-order valence-corrected chi connectivity index (χ0v) is 12.7. The predicted molar refractivity (Wildman–Crippen MR) is 76.8 cm³/mol. The summed E-state index contributed by atoms with van der Waals surface area (Å²) in [6.45, 7) is 11.0. The molecule has 3 heteroatoms. The molecule has 18 heavy (non-hydrogen) atoms. The molecule has 0 aliphatic carbocycles. The van der Waals surface area contributed by atoms with E-state index in [9.17, 15) is 4.39 Å². The maximum absolute atomic E-state index is 14.6. The van der Waals surface area contributed by atoms with Crippen molar-refractivity contribution in [3.63, 3.8) is 0 Å². The summed E-state index contributed by atoms with van der Waals surface area (Å²) in [6, 6.07) is 0. The van der Waals surface area contributed by atoms with Gasteiger partial charge in [0.05, 0.1) is 0 Å². The Labute approximate surface area is 113 Å². The smallest absolute Gasteiger partial charge is 0.126 e. The number of hydrogen-bond donors (Lipinski definition) is 0. The number of piperidine rings is 2. The van der Waals surface area contributed by atoms with Crippen LogP contribution >= 0.6 is 0 Å². The third-order valence-electron chi connectivity index (χ3n) is 4.27. The van der Waals surface area contributed by atoms with E-state index in [1.54, 1.807) is 0 Å². The van der Waals surface area contributed by atoms with Gasteiger partial charge in [0.25, 0.3) is 0 Å². The van der Waals surface area contributed by atoms with E-state index in [2.05, 4.69) is 23.8 Å². The van der Waals surface area contributed by atoms with Crippen LogP contribution in [0.25, 0.3) is 0 Å². The van der Waals surface area contributed by atoms with Crippen molar-refractivity contribution in [1.29, 1.82) is 0 Å². The summed E-state index contributed by atoms with van der Waals surface area (Å²) < 4.78 is 14.6. The third kappa shape index (κ3) is 4.85. The molecule has 0 bridgehead atoms. The molecule has 2 aliphatic heterocycles. The summed E-state index contributed by atoms with van der Waals surface area (Å²) in [7, 11) is 2.09. The topological polar surface area (TPSA) is 6.48 Å². The largest absolute Gasteiger partial charge is 0.306 e. The molecule has 0 aromatic rings. The number of likely N-dealkylation sites (tertiary alicyclic amines) is 2. The van der Waals surface area contributed by atoms with Gasteiger partial charge in [-0.3, -0.25) is 0 Å². The Bertz CT molecular complexity index is 217. The van der Waals surface area contributed by atoms with Gasteiger partial charge in [0, 0.05) is 19.6 Å². The van der Waals surface area contributed by atoms with Crippen molar-refractivity contribution in [3.8, 4) is 0 Å². The van der Waals surface area contributed by atoms with Gasteiger partial charge in [0.15, 0.2) is 0 Å². The minimum absolute atomic E-state index is 0.674. The lowest BCUT2D eigenvalue weighted by molar-refractivity contribution is 0.0220. The summed E-state index contributed by atoms with van der Waals surface area (Å²) in [5.74, 6) is 0.837. The summed E-state index contributed by atoms with van der Waals surface area (Å²) >= 11 is 0. The van der Waals surface area contributed by atoms with Gasteiger partial charge in [-0.25, -0.2) is 4.39 Å². The van der Waals surface area contributed by atoms with Crippen LogP contribution in [0.1, 0.15) is 46.5 Å². The first-order valence-corrected chi connectivity index (χ1v) is 7.67. The second-order valence-corrected chi connectivity index (χ2v) is 5.91. The molecule has 0 aromatic carbocycles. The minimum atomic E-state index is -0.910. The molecule has 2 heterocycles. The van der Waals surface area contributed by atoms with E-state index >= 15 is 0 Å². The molecule has 0 amide bonds. The fourth-order valence-corrected chi connectivity index (χ4v) is 2.80. The average Bonchev–Trinajstić information content (AvgIpc) is 2.39. The van der Waals surface area contributed by atoms with Gasteiger partial charge in [0.1, 0.15) is 5.67 Å². The molecule has 0 unspecified atom stereocenters. The van der Waals surface area contributed by atoms with E-state index in [1.807, 2.05) is 13.8 Å². The van der Waals surface area contributed by atoms with Crippen LogP contribution in [0.2, 0.25) is 0 Å². The first kappa shape index (κ1) is 15.9. The molecule has 2 aliphatic rings. The van der Waals surface area contributed by atoms with Crippen LogP contribution in [0, 0.1) is 5.92 Å². The van der Waals surface area contributed by atoms with Crippen molar-refractivity contribution in [2.75, 3.05) is 39.8 Å². The highest BCUT2D eigenvalue weighted by Crippen LogP contribution is 2.28. The van der Waals surface area contributed by atoms with Crippen molar-refractivity contribution in [2.45, 2.75) is 52.1 Å². The van der Waals surface area contributed by atoms with Gasteiger partial charge < -0.3 is 9.80 Å². The van der Waals surface area contributed by atoms with Crippen LogP contribution in [-0.2, 0) is 0 Å². The SMILES string of the molecule is CC.CC1CCN(CC2(F)CCN(C)CC2)CC1. The molecular weight excluding hydrogens is 227 g/mol. The van der Waals surface area contributed by atoms with Crippen molar-refractivity contribution >= 4 is 0 Å². The Kier molecular flexibility index (Phi) is 6.58. The summed E-state index contributed by atoms with van der Waals surface area (Å²) in [5.41, 5.74) is -0.910. The normalized spacial score (nSPS) is 26.5. The predicted octanol–water partition coefficient (Wildman–Crippen LogP) is 3.18. The zero-order valence-electron chi connectivity index (χ0n) is 12.7. The van der Waals surface area contributed by atoms with E-state index in [-0.39, 0.29) is 0 Å². The highest BCUT2D eigenvalue weighted by molar-refractivity contribution is 4.89. The second-order valence-electron chi connectivity index (χ2n) is 5.91. The Morgan fingerprint density at radius 2 is 1.56 bits per heavy atom. The van der Waals surface area contributed by atoms with Crippen LogP contribution < -0.4 is 0 Å². The number of nitrogens with zero attached hydrogens (tertiary/aromatic N) is 2. The standard InChI is InChI=1S/C13H25FN2.C2H6/c1-12-3-7-16(8-4-12)11-13(14)5-9-15(2)10-6-13;1-2/h12H,3-11H2,1-2H3;1-2H3. The van der Waals surface area contributed by atoms with Crippen LogP contribution in [0.4, 0.5) is 4.39 Å². The van der Waals surface area contributed by atoms with E-state index < -0.39 is 5.67 Å². The average molecular weight is 258 g/mol. The van der Waals surface area contributed by atoms with Gasteiger partial charge in [-0.15, -0.1) is 0 Å². The Balaban J connectivity index is 0.000000771. The van der Waals surface area contributed by atoms with Gasteiger partial charge in [-0.05, 0) is 51.7 Å². The molecule has 0 saturated carbocycles. The van der Waals surface area contributed by atoms with Crippen molar-refractivity contribution < 1.29 is 4.39 Å².